The van der Waals surface area contributed by atoms with Crippen molar-refractivity contribution in [2.75, 3.05) is 32.8 Å². The Kier molecular flexibility index (Phi) is 8.51. The predicted molar refractivity (Wildman–Crippen MR) is 129 cm³/mol. The van der Waals surface area contributed by atoms with Crippen LogP contribution in [0.15, 0.2) is 53.7 Å². The molecule has 2 aliphatic rings. The molecule has 0 saturated carbocycles. The van der Waals surface area contributed by atoms with Gasteiger partial charge < -0.3 is 19.7 Å². The first kappa shape index (κ1) is 22.7. The van der Waals surface area contributed by atoms with E-state index in [1.807, 2.05) is 24.4 Å². The Hall–Kier alpha value is -2.44. The molecule has 3 heterocycles. The number of aliphatic imine (C=N–C) groups is 1. The average Bonchev–Trinajstić information content (AvgIpc) is 2.87. The van der Waals surface area contributed by atoms with Gasteiger partial charge in [-0.3, -0.25) is 4.98 Å². The van der Waals surface area contributed by atoms with Crippen LogP contribution in [0.1, 0.15) is 44.6 Å². The fourth-order valence-electron chi connectivity index (χ4n) is 4.37. The van der Waals surface area contributed by atoms with Gasteiger partial charge in [0.05, 0.1) is 31.1 Å². The van der Waals surface area contributed by atoms with Gasteiger partial charge in [0.1, 0.15) is 0 Å². The Morgan fingerprint density at radius 1 is 1.16 bits per heavy atom. The number of likely N-dealkylation sites (tertiary alicyclic amines) is 1. The largest absolute Gasteiger partial charge is 0.376 e. The van der Waals surface area contributed by atoms with Gasteiger partial charge in [0, 0.05) is 38.0 Å². The second-order valence-electron chi connectivity index (χ2n) is 8.59. The summed E-state index contributed by atoms with van der Waals surface area (Å²) >= 11 is 0. The predicted octanol–water partition coefficient (Wildman–Crippen LogP) is 4.26. The number of aromatic nitrogens is 1. The lowest BCUT2D eigenvalue weighted by molar-refractivity contribution is -0.0721. The maximum absolute atomic E-state index is 6.18. The summed E-state index contributed by atoms with van der Waals surface area (Å²) in [5, 5.41) is 3.47. The van der Waals surface area contributed by atoms with Crippen molar-refractivity contribution < 1.29 is 9.47 Å². The third-order valence-corrected chi connectivity index (χ3v) is 6.17. The molecule has 0 bridgehead atoms. The van der Waals surface area contributed by atoms with Crippen LogP contribution >= 0.6 is 0 Å². The van der Waals surface area contributed by atoms with Crippen molar-refractivity contribution in [2.45, 2.75) is 57.8 Å². The monoisotopic (exact) mass is 436 g/mol. The van der Waals surface area contributed by atoms with Gasteiger partial charge in [-0.2, -0.15) is 0 Å². The van der Waals surface area contributed by atoms with Crippen LogP contribution in [-0.4, -0.2) is 60.9 Å². The van der Waals surface area contributed by atoms with Crippen LogP contribution in [0.3, 0.4) is 0 Å². The minimum atomic E-state index is 0.294. The van der Waals surface area contributed by atoms with Crippen molar-refractivity contribution in [3.63, 3.8) is 0 Å². The maximum atomic E-state index is 6.18. The van der Waals surface area contributed by atoms with Gasteiger partial charge in [-0.15, -0.1) is 0 Å². The first-order valence-electron chi connectivity index (χ1n) is 12.1. The minimum absolute atomic E-state index is 0.294. The van der Waals surface area contributed by atoms with Crippen molar-refractivity contribution in [3.8, 4) is 11.3 Å². The minimum Gasteiger partial charge on any atom is -0.376 e. The standard InChI is InChI=1S/C26H36N4O2/c1-2-27-26(29-19-21-8-7-9-22(18-21)25-11-3-5-14-28-25)30-15-12-23(13-16-30)32-20-24-10-4-6-17-31-24/h3,5,7-9,11,14,18,23-24H,2,4,6,10,12-13,15-17,19-20H2,1H3,(H,27,29). The van der Waals surface area contributed by atoms with Crippen molar-refractivity contribution in [1.82, 2.24) is 15.2 Å². The highest BCUT2D eigenvalue weighted by atomic mass is 16.5. The second-order valence-corrected chi connectivity index (χ2v) is 8.59. The van der Waals surface area contributed by atoms with E-state index in [0.29, 0.717) is 18.8 Å². The van der Waals surface area contributed by atoms with Crippen LogP contribution in [0.25, 0.3) is 11.3 Å². The fraction of sp³-hybridized carbons (Fsp3) is 0.538. The lowest BCUT2D eigenvalue weighted by Gasteiger charge is -2.35. The highest BCUT2D eigenvalue weighted by Crippen LogP contribution is 2.20. The Balaban J connectivity index is 1.31. The Morgan fingerprint density at radius 3 is 2.81 bits per heavy atom. The number of benzene rings is 1. The van der Waals surface area contributed by atoms with E-state index in [9.17, 15) is 0 Å². The summed E-state index contributed by atoms with van der Waals surface area (Å²) in [5.74, 6) is 0.991. The van der Waals surface area contributed by atoms with Gasteiger partial charge in [0.25, 0.3) is 0 Å². The van der Waals surface area contributed by atoms with Crippen LogP contribution in [0.4, 0.5) is 0 Å². The molecule has 2 aromatic rings. The van der Waals surface area contributed by atoms with Crippen molar-refractivity contribution in [2.24, 2.45) is 4.99 Å². The zero-order chi connectivity index (χ0) is 22.0. The summed E-state index contributed by atoms with van der Waals surface area (Å²) in [6.07, 6.45) is 8.11. The van der Waals surface area contributed by atoms with E-state index in [1.165, 1.54) is 18.4 Å². The van der Waals surface area contributed by atoms with E-state index in [0.717, 1.165) is 69.3 Å². The van der Waals surface area contributed by atoms with Crippen LogP contribution < -0.4 is 5.32 Å². The van der Waals surface area contributed by atoms with E-state index in [1.54, 1.807) is 0 Å². The number of hydrogen-bond acceptors (Lipinski definition) is 4. The Bertz CT molecular complexity index is 844. The molecule has 172 valence electrons. The lowest BCUT2D eigenvalue weighted by atomic mass is 10.1. The molecule has 6 nitrogen and oxygen atoms in total. The molecule has 4 rings (SSSR count). The number of ether oxygens (including phenoxy) is 2. The highest BCUT2D eigenvalue weighted by molar-refractivity contribution is 5.80. The van der Waals surface area contributed by atoms with Gasteiger partial charge >= 0.3 is 0 Å². The summed E-state index contributed by atoms with van der Waals surface area (Å²) in [5.41, 5.74) is 3.31. The van der Waals surface area contributed by atoms with Crippen LogP contribution in [0.2, 0.25) is 0 Å². The molecule has 2 aliphatic heterocycles. The topological polar surface area (TPSA) is 59.0 Å². The molecule has 1 N–H and O–H groups in total. The molecule has 6 heteroatoms. The molecular formula is C26H36N4O2. The van der Waals surface area contributed by atoms with E-state index < -0.39 is 0 Å². The quantitative estimate of drug-likeness (QED) is 0.519. The molecule has 2 saturated heterocycles. The molecule has 0 amide bonds. The summed E-state index contributed by atoms with van der Waals surface area (Å²) in [6.45, 7) is 7.20. The first-order chi connectivity index (χ1) is 15.8. The van der Waals surface area contributed by atoms with Crippen LogP contribution in [0, 0.1) is 0 Å². The first-order valence-corrected chi connectivity index (χ1v) is 12.1. The number of piperidine rings is 1. The van der Waals surface area contributed by atoms with Crippen molar-refractivity contribution in [3.05, 3.63) is 54.2 Å². The van der Waals surface area contributed by atoms with E-state index >= 15 is 0 Å². The van der Waals surface area contributed by atoms with E-state index in [4.69, 9.17) is 14.5 Å². The number of guanidine groups is 1. The summed E-state index contributed by atoms with van der Waals surface area (Å²) in [7, 11) is 0. The summed E-state index contributed by atoms with van der Waals surface area (Å²) < 4.78 is 12.0. The van der Waals surface area contributed by atoms with Gasteiger partial charge in [-0.05, 0) is 62.8 Å². The molecule has 1 aromatic heterocycles. The highest BCUT2D eigenvalue weighted by Gasteiger charge is 2.23. The summed E-state index contributed by atoms with van der Waals surface area (Å²) in [4.78, 5) is 11.8. The molecule has 1 atom stereocenters. The summed E-state index contributed by atoms with van der Waals surface area (Å²) in [6, 6.07) is 14.5. The molecule has 32 heavy (non-hydrogen) atoms. The Morgan fingerprint density at radius 2 is 2.06 bits per heavy atom. The molecule has 0 aliphatic carbocycles. The number of hydrogen-bond donors (Lipinski definition) is 1. The molecule has 0 radical (unpaired) electrons. The fourth-order valence-corrected chi connectivity index (χ4v) is 4.37. The zero-order valence-electron chi connectivity index (χ0n) is 19.2. The van der Waals surface area contributed by atoms with Gasteiger partial charge in [0.15, 0.2) is 5.96 Å². The molecular weight excluding hydrogens is 400 g/mol. The van der Waals surface area contributed by atoms with Crippen molar-refractivity contribution >= 4 is 5.96 Å². The van der Waals surface area contributed by atoms with E-state index in [2.05, 4.69) is 46.4 Å². The SMILES string of the molecule is CCNC(=NCc1cccc(-c2ccccn2)c1)N1CCC(OCC2CCCCO2)CC1. The number of pyridine rings is 1. The van der Waals surface area contributed by atoms with Gasteiger partial charge in [0.2, 0.25) is 0 Å². The number of rotatable bonds is 7. The molecule has 1 aromatic carbocycles. The molecule has 0 spiro atoms. The Labute approximate surface area is 192 Å². The third-order valence-electron chi connectivity index (χ3n) is 6.17. The molecule has 1 unspecified atom stereocenters. The van der Waals surface area contributed by atoms with Crippen molar-refractivity contribution in [1.29, 1.82) is 0 Å². The number of nitrogens with zero attached hydrogens (tertiary/aromatic N) is 3. The van der Waals surface area contributed by atoms with Crippen LogP contribution in [-0.2, 0) is 16.0 Å². The number of nitrogens with one attached hydrogen (secondary N) is 1. The maximum Gasteiger partial charge on any atom is 0.194 e. The second kappa shape index (κ2) is 12.0. The van der Waals surface area contributed by atoms with Crippen LogP contribution in [0.5, 0.6) is 0 Å². The normalized spacial score (nSPS) is 20.3. The van der Waals surface area contributed by atoms with Gasteiger partial charge in [-0.25, -0.2) is 4.99 Å². The average molecular weight is 437 g/mol. The smallest absolute Gasteiger partial charge is 0.194 e. The van der Waals surface area contributed by atoms with E-state index in [-0.39, 0.29) is 0 Å². The zero-order valence-corrected chi connectivity index (χ0v) is 19.2. The third kappa shape index (κ3) is 6.53. The lowest BCUT2D eigenvalue weighted by Crippen LogP contribution is -2.47. The molecule has 2 fully saturated rings. The van der Waals surface area contributed by atoms with Gasteiger partial charge in [-0.1, -0.05) is 24.3 Å².